The Morgan fingerprint density at radius 1 is 1.00 bits per heavy atom. The van der Waals surface area contributed by atoms with Gasteiger partial charge in [-0.25, -0.2) is 5.43 Å². The smallest absolute Gasteiger partial charge is 0.271 e. The number of carbonyl (C=O) groups excluding carboxylic acids is 2. The van der Waals surface area contributed by atoms with Crippen LogP contribution in [0.2, 0.25) is 0 Å². The van der Waals surface area contributed by atoms with E-state index in [9.17, 15) is 9.59 Å². The van der Waals surface area contributed by atoms with E-state index in [2.05, 4.69) is 10.5 Å². The molecule has 2 rings (SSSR count). The van der Waals surface area contributed by atoms with Crippen LogP contribution in [-0.4, -0.2) is 49.2 Å². The van der Waals surface area contributed by atoms with E-state index in [1.807, 2.05) is 39.8 Å². The first kappa shape index (κ1) is 22.9. The lowest BCUT2D eigenvalue weighted by molar-refractivity contribution is -0.133. The topological polar surface area (TPSA) is 80.2 Å². The molecule has 2 aromatic carbocycles. The SMILES string of the molecule is CCOc1cc(/C=N\NC(=O)c2ccc(C)cc2)ccc1OCC(=O)N(CC)CC. The first-order valence-corrected chi connectivity index (χ1v) is 10.1. The lowest BCUT2D eigenvalue weighted by atomic mass is 10.1. The molecule has 0 saturated heterocycles. The highest BCUT2D eigenvalue weighted by Gasteiger charge is 2.13. The zero-order valence-electron chi connectivity index (χ0n) is 18.0. The third-order valence-corrected chi connectivity index (χ3v) is 4.43. The maximum atomic E-state index is 12.2. The Bertz CT molecular complexity index is 875. The maximum Gasteiger partial charge on any atom is 0.271 e. The van der Waals surface area contributed by atoms with Gasteiger partial charge in [0.25, 0.3) is 11.8 Å². The van der Waals surface area contributed by atoms with Gasteiger partial charge < -0.3 is 14.4 Å². The number of nitrogens with one attached hydrogen (secondary N) is 1. The first-order chi connectivity index (χ1) is 14.5. The highest BCUT2D eigenvalue weighted by Crippen LogP contribution is 2.28. The van der Waals surface area contributed by atoms with Crippen molar-refractivity contribution in [3.8, 4) is 11.5 Å². The summed E-state index contributed by atoms with van der Waals surface area (Å²) in [5.41, 5.74) is 4.85. The fourth-order valence-corrected chi connectivity index (χ4v) is 2.73. The number of aryl methyl sites for hydroxylation is 1. The number of amides is 2. The fraction of sp³-hybridized carbons (Fsp3) is 0.348. The largest absolute Gasteiger partial charge is 0.490 e. The lowest BCUT2D eigenvalue weighted by Gasteiger charge is -2.19. The predicted octanol–water partition coefficient (Wildman–Crippen LogP) is 3.40. The highest BCUT2D eigenvalue weighted by molar-refractivity contribution is 5.95. The number of hydrogen-bond donors (Lipinski definition) is 1. The molecule has 0 saturated carbocycles. The molecule has 7 heteroatoms. The van der Waals surface area contributed by atoms with Crippen LogP contribution in [0.4, 0.5) is 0 Å². The van der Waals surface area contributed by atoms with E-state index in [1.54, 1.807) is 35.2 Å². The second-order valence-corrected chi connectivity index (χ2v) is 6.56. The third-order valence-electron chi connectivity index (χ3n) is 4.43. The standard InChI is InChI=1S/C23H29N3O4/c1-5-26(6-2)22(27)16-30-20-13-10-18(14-21(20)29-7-3)15-24-25-23(28)19-11-8-17(4)9-12-19/h8-15H,5-7,16H2,1-4H3,(H,25,28)/b24-15-. The molecule has 0 heterocycles. The quantitative estimate of drug-likeness (QED) is 0.480. The maximum absolute atomic E-state index is 12.2. The molecule has 160 valence electrons. The molecule has 0 atom stereocenters. The van der Waals surface area contributed by atoms with Crippen molar-refractivity contribution in [3.63, 3.8) is 0 Å². The molecule has 0 aliphatic carbocycles. The summed E-state index contributed by atoms with van der Waals surface area (Å²) >= 11 is 0. The fourth-order valence-electron chi connectivity index (χ4n) is 2.73. The Kier molecular flexibility index (Phi) is 8.87. The molecule has 0 radical (unpaired) electrons. The molecule has 0 aliphatic rings. The van der Waals surface area contributed by atoms with Crippen LogP contribution in [-0.2, 0) is 4.79 Å². The second kappa shape index (κ2) is 11.6. The van der Waals surface area contributed by atoms with E-state index in [0.29, 0.717) is 36.8 Å². The molecule has 2 amide bonds. The summed E-state index contributed by atoms with van der Waals surface area (Å²) in [6.07, 6.45) is 1.53. The monoisotopic (exact) mass is 411 g/mol. The van der Waals surface area contributed by atoms with Gasteiger partial charge in [-0.3, -0.25) is 9.59 Å². The summed E-state index contributed by atoms with van der Waals surface area (Å²) in [6, 6.07) is 12.5. The van der Waals surface area contributed by atoms with Gasteiger partial charge in [0.15, 0.2) is 18.1 Å². The van der Waals surface area contributed by atoms with E-state index in [1.165, 1.54) is 6.21 Å². The van der Waals surface area contributed by atoms with Crippen molar-refractivity contribution in [2.75, 3.05) is 26.3 Å². The van der Waals surface area contributed by atoms with Crippen molar-refractivity contribution in [2.45, 2.75) is 27.7 Å². The van der Waals surface area contributed by atoms with Crippen molar-refractivity contribution >= 4 is 18.0 Å². The third kappa shape index (κ3) is 6.62. The zero-order valence-corrected chi connectivity index (χ0v) is 18.0. The van der Waals surface area contributed by atoms with Gasteiger partial charge in [0.05, 0.1) is 12.8 Å². The summed E-state index contributed by atoms with van der Waals surface area (Å²) in [5.74, 6) is 0.634. The van der Waals surface area contributed by atoms with Gasteiger partial charge in [-0.05, 0) is 63.6 Å². The van der Waals surface area contributed by atoms with Gasteiger partial charge in [-0.15, -0.1) is 0 Å². The zero-order chi connectivity index (χ0) is 21.9. The number of nitrogens with zero attached hydrogens (tertiary/aromatic N) is 2. The van der Waals surface area contributed by atoms with E-state index in [4.69, 9.17) is 9.47 Å². The minimum Gasteiger partial charge on any atom is -0.490 e. The number of benzene rings is 2. The van der Waals surface area contributed by atoms with Gasteiger partial charge in [0.2, 0.25) is 0 Å². The lowest BCUT2D eigenvalue weighted by Crippen LogP contribution is -2.34. The van der Waals surface area contributed by atoms with E-state index < -0.39 is 0 Å². The number of ether oxygens (including phenoxy) is 2. The second-order valence-electron chi connectivity index (χ2n) is 6.56. The van der Waals surface area contributed by atoms with Crippen LogP contribution in [0.5, 0.6) is 11.5 Å². The average Bonchev–Trinajstić information content (AvgIpc) is 2.74. The minimum atomic E-state index is -0.286. The molecule has 7 nitrogen and oxygen atoms in total. The van der Waals surface area contributed by atoms with Crippen LogP contribution < -0.4 is 14.9 Å². The number of rotatable bonds is 10. The Morgan fingerprint density at radius 2 is 1.70 bits per heavy atom. The molecule has 0 aromatic heterocycles. The number of likely N-dealkylation sites (N-methyl/N-ethyl adjacent to an activating group) is 1. The molecule has 0 aliphatic heterocycles. The van der Waals surface area contributed by atoms with Crippen molar-refractivity contribution in [1.29, 1.82) is 0 Å². The molecular formula is C23H29N3O4. The highest BCUT2D eigenvalue weighted by atomic mass is 16.5. The molecule has 2 aromatic rings. The van der Waals surface area contributed by atoms with E-state index >= 15 is 0 Å². The summed E-state index contributed by atoms with van der Waals surface area (Å²) in [7, 11) is 0. The first-order valence-electron chi connectivity index (χ1n) is 10.1. The van der Waals surface area contributed by atoms with Gasteiger partial charge in [-0.2, -0.15) is 5.10 Å². The molecule has 1 N–H and O–H groups in total. The van der Waals surface area contributed by atoms with Crippen LogP contribution in [0, 0.1) is 6.92 Å². The van der Waals surface area contributed by atoms with Gasteiger partial charge in [-0.1, -0.05) is 17.7 Å². The normalized spacial score (nSPS) is 10.7. The molecule has 0 spiro atoms. The Balaban J connectivity index is 2.02. The summed E-state index contributed by atoms with van der Waals surface area (Å²) < 4.78 is 11.3. The summed E-state index contributed by atoms with van der Waals surface area (Å²) in [4.78, 5) is 26.0. The molecule has 0 bridgehead atoms. The van der Waals surface area contributed by atoms with Crippen molar-refractivity contribution in [1.82, 2.24) is 10.3 Å². The van der Waals surface area contributed by atoms with Crippen molar-refractivity contribution in [2.24, 2.45) is 5.10 Å². The van der Waals surface area contributed by atoms with Gasteiger partial charge >= 0.3 is 0 Å². The molecule has 30 heavy (non-hydrogen) atoms. The van der Waals surface area contributed by atoms with Crippen molar-refractivity contribution < 1.29 is 19.1 Å². The van der Waals surface area contributed by atoms with Gasteiger partial charge in [0.1, 0.15) is 0 Å². The number of hydrogen-bond acceptors (Lipinski definition) is 5. The van der Waals surface area contributed by atoms with Crippen LogP contribution in [0.15, 0.2) is 47.6 Å². The Morgan fingerprint density at radius 3 is 2.33 bits per heavy atom. The van der Waals surface area contributed by atoms with E-state index in [-0.39, 0.29) is 18.4 Å². The summed E-state index contributed by atoms with van der Waals surface area (Å²) in [6.45, 7) is 9.36. The summed E-state index contributed by atoms with van der Waals surface area (Å²) in [5, 5.41) is 4.01. The van der Waals surface area contributed by atoms with Gasteiger partial charge in [0, 0.05) is 18.7 Å². The molecule has 0 unspecified atom stereocenters. The predicted molar refractivity (Wildman–Crippen MR) is 117 cm³/mol. The van der Waals surface area contributed by atoms with Crippen LogP contribution in [0.3, 0.4) is 0 Å². The Hall–Kier alpha value is -3.35. The van der Waals surface area contributed by atoms with Crippen LogP contribution >= 0.6 is 0 Å². The van der Waals surface area contributed by atoms with Crippen LogP contribution in [0.1, 0.15) is 42.3 Å². The Labute approximate surface area is 177 Å². The minimum absolute atomic E-state index is 0.0538. The molecular weight excluding hydrogens is 382 g/mol. The molecule has 0 fully saturated rings. The number of carbonyl (C=O) groups is 2. The van der Waals surface area contributed by atoms with Crippen molar-refractivity contribution in [3.05, 3.63) is 59.2 Å². The van der Waals surface area contributed by atoms with E-state index in [0.717, 1.165) is 11.1 Å². The number of hydrazone groups is 1. The van der Waals surface area contributed by atoms with Crippen LogP contribution in [0.25, 0.3) is 0 Å². The average molecular weight is 412 g/mol.